The SMILES string of the molecule is Cn1ccc(NC(=O)C(c2ccccc2)c2ccccc2)nc1=O. The van der Waals surface area contributed by atoms with Crippen molar-refractivity contribution in [3.05, 3.63) is 94.5 Å². The molecule has 0 aliphatic rings. The third-order valence-electron chi connectivity index (χ3n) is 3.75. The number of aryl methyl sites for hydroxylation is 1. The van der Waals surface area contributed by atoms with E-state index in [0.717, 1.165) is 11.1 Å². The van der Waals surface area contributed by atoms with Crippen molar-refractivity contribution < 1.29 is 4.79 Å². The summed E-state index contributed by atoms with van der Waals surface area (Å²) in [4.78, 5) is 28.3. The highest BCUT2D eigenvalue weighted by Gasteiger charge is 2.23. The van der Waals surface area contributed by atoms with Crippen LogP contribution in [-0.2, 0) is 11.8 Å². The Hall–Kier alpha value is -3.21. The van der Waals surface area contributed by atoms with E-state index in [0.29, 0.717) is 0 Å². The van der Waals surface area contributed by atoms with Crippen LogP contribution in [0.2, 0.25) is 0 Å². The van der Waals surface area contributed by atoms with Crippen LogP contribution in [-0.4, -0.2) is 15.5 Å². The van der Waals surface area contributed by atoms with Crippen LogP contribution in [0.25, 0.3) is 0 Å². The molecule has 3 aromatic rings. The second kappa shape index (κ2) is 6.91. The van der Waals surface area contributed by atoms with Gasteiger partial charge in [-0.1, -0.05) is 60.7 Å². The van der Waals surface area contributed by atoms with Crippen LogP contribution in [0.4, 0.5) is 5.82 Å². The van der Waals surface area contributed by atoms with E-state index in [1.807, 2.05) is 60.7 Å². The molecule has 120 valence electrons. The topological polar surface area (TPSA) is 64.0 Å². The van der Waals surface area contributed by atoms with Gasteiger partial charge in [-0.15, -0.1) is 0 Å². The lowest BCUT2D eigenvalue weighted by atomic mass is 9.90. The normalized spacial score (nSPS) is 10.6. The van der Waals surface area contributed by atoms with Crippen molar-refractivity contribution in [2.24, 2.45) is 7.05 Å². The third-order valence-corrected chi connectivity index (χ3v) is 3.75. The molecule has 0 spiro atoms. The number of hydrogen-bond acceptors (Lipinski definition) is 3. The highest BCUT2D eigenvalue weighted by Crippen LogP contribution is 2.25. The Bertz CT molecular complexity index is 850. The van der Waals surface area contributed by atoms with Gasteiger partial charge in [0, 0.05) is 13.2 Å². The summed E-state index contributed by atoms with van der Waals surface area (Å²) in [7, 11) is 1.61. The van der Waals surface area contributed by atoms with E-state index in [9.17, 15) is 9.59 Å². The molecule has 24 heavy (non-hydrogen) atoms. The molecule has 0 saturated carbocycles. The van der Waals surface area contributed by atoms with Crippen LogP contribution in [0.1, 0.15) is 17.0 Å². The summed E-state index contributed by atoms with van der Waals surface area (Å²) in [6, 6.07) is 20.7. The first-order valence-corrected chi connectivity index (χ1v) is 7.59. The summed E-state index contributed by atoms with van der Waals surface area (Å²) >= 11 is 0. The number of hydrogen-bond donors (Lipinski definition) is 1. The van der Waals surface area contributed by atoms with Crippen LogP contribution in [0, 0.1) is 0 Å². The maximum atomic E-state index is 12.8. The van der Waals surface area contributed by atoms with Crippen molar-refractivity contribution in [1.29, 1.82) is 0 Å². The molecule has 1 aromatic heterocycles. The largest absolute Gasteiger partial charge is 0.349 e. The van der Waals surface area contributed by atoms with E-state index in [4.69, 9.17) is 0 Å². The van der Waals surface area contributed by atoms with Gasteiger partial charge in [-0.05, 0) is 17.2 Å². The highest BCUT2D eigenvalue weighted by molar-refractivity contribution is 5.97. The van der Waals surface area contributed by atoms with Crippen molar-refractivity contribution >= 4 is 11.7 Å². The second-order valence-electron chi connectivity index (χ2n) is 5.45. The maximum Gasteiger partial charge on any atom is 0.349 e. The number of aromatic nitrogens is 2. The molecule has 1 N–H and O–H groups in total. The van der Waals surface area contributed by atoms with Gasteiger partial charge >= 0.3 is 5.69 Å². The fourth-order valence-corrected chi connectivity index (χ4v) is 2.52. The van der Waals surface area contributed by atoms with E-state index in [1.54, 1.807) is 19.3 Å². The first-order valence-electron chi connectivity index (χ1n) is 7.59. The predicted molar refractivity (Wildman–Crippen MR) is 92.8 cm³/mol. The molecule has 0 aliphatic carbocycles. The zero-order valence-corrected chi connectivity index (χ0v) is 13.2. The van der Waals surface area contributed by atoms with E-state index in [1.165, 1.54) is 4.57 Å². The van der Waals surface area contributed by atoms with Gasteiger partial charge in [-0.3, -0.25) is 4.79 Å². The molecule has 0 fully saturated rings. The Morgan fingerprint density at radius 1 is 0.958 bits per heavy atom. The van der Waals surface area contributed by atoms with Gasteiger partial charge in [0.1, 0.15) is 5.82 Å². The predicted octanol–water partition coefficient (Wildman–Crippen LogP) is 2.55. The average molecular weight is 319 g/mol. The van der Waals surface area contributed by atoms with Crippen molar-refractivity contribution in [3.8, 4) is 0 Å². The molecule has 0 atom stereocenters. The van der Waals surface area contributed by atoms with Gasteiger partial charge in [0.05, 0.1) is 5.92 Å². The summed E-state index contributed by atoms with van der Waals surface area (Å²) < 4.78 is 1.35. The summed E-state index contributed by atoms with van der Waals surface area (Å²) in [6.45, 7) is 0. The third kappa shape index (κ3) is 3.41. The molecule has 3 rings (SSSR count). The molecule has 0 saturated heterocycles. The molecule has 5 nitrogen and oxygen atoms in total. The molecule has 0 aliphatic heterocycles. The van der Waals surface area contributed by atoms with Gasteiger partial charge in [-0.2, -0.15) is 4.98 Å². The Morgan fingerprint density at radius 3 is 2.00 bits per heavy atom. The number of amides is 1. The first kappa shape index (κ1) is 15.7. The lowest BCUT2D eigenvalue weighted by Gasteiger charge is -2.17. The highest BCUT2D eigenvalue weighted by atomic mass is 16.2. The van der Waals surface area contributed by atoms with Gasteiger partial charge < -0.3 is 9.88 Å². The molecule has 0 radical (unpaired) electrons. The summed E-state index contributed by atoms with van der Waals surface area (Å²) in [5.74, 6) is -0.452. The second-order valence-corrected chi connectivity index (χ2v) is 5.45. The number of nitrogens with one attached hydrogen (secondary N) is 1. The van der Waals surface area contributed by atoms with E-state index < -0.39 is 11.6 Å². The molecular formula is C19H17N3O2. The van der Waals surface area contributed by atoms with Crippen LogP contribution >= 0.6 is 0 Å². The summed E-state index contributed by atoms with van der Waals surface area (Å²) in [6.07, 6.45) is 1.57. The lowest BCUT2D eigenvalue weighted by molar-refractivity contribution is -0.116. The average Bonchev–Trinajstić information content (AvgIpc) is 2.60. The molecular weight excluding hydrogens is 302 g/mol. The van der Waals surface area contributed by atoms with Crippen molar-refractivity contribution in [2.75, 3.05) is 5.32 Å². The minimum atomic E-state index is -0.474. The molecule has 0 unspecified atom stereocenters. The van der Waals surface area contributed by atoms with Crippen LogP contribution < -0.4 is 11.0 Å². The van der Waals surface area contributed by atoms with Crippen LogP contribution in [0.3, 0.4) is 0 Å². The standard InChI is InChI=1S/C19H17N3O2/c1-22-13-12-16(21-19(22)24)20-18(23)17(14-8-4-2-5-9-14)15-10-6-3-7-11-15/h2-13,17H,1H3,(H,20,21,23,24). The fourth-order valence-electron chi connectivity index (χ4n) is 2.52. The quantitative estimate of drug-likeness (QED) is 0.804. The van der Waals surface area contributed by atoms with Crippen molar-refractivity contribution in [3.63, 3.8) is 0 Å². The number of rotatable bonds is 4. The smallest absolute Gasteiger partial charge is 0.310 e. The monoisotopic (exact) mass is 319 g/mol. The van der Waals surface area contributed by atoms with Crippen molar-refractivity contribution in [1.82, 2.24) is 9.55 Å². The Morgan fingerprint density at radius 2 is 1.50 bits per heavy atom. The van der Waals surface area contributed by atoms with Crippen LogP contribution in [0.15, 0.2) is 77.7 Å². The molecule has 2 aromatic carbocycles. The van der Waals surface area contributed by atoms with Gasteiger partial charge in [0.15, 0.2) is 0 Å². The van der Waals surface area contributed by atoms with Crippen molar-refractivity contribution in [2.45, 2.75) is 5.92 Å². The Balaban J connectivity index is 1.95. The first-order chi connectivity index (χ1) is 11.6. The molecule has 0 bridgehead atoms. The van der Waals surface area contributed by atoms with Gasteiger partial charge in [0.2, 0.25) is 5.91 Å². The number of benzene rings is 2. The van der Waals surface area contributed by atoms with Gasteiger partial charge in [-0.25, -0.2) is 4.79 Å². The van der Waals surface area contributed by atoms with Crippen LogP contribution in [0.5, 0.6) is 0 Å². The molecule has 1 heterocycles. The number of nitrogens with zero attached hydrogens (tertiary/aromatic N) is 2. The number of carbonyl (C=O) groups excluding carboxylic acids is 1. The Labute approximate surface area is 139 Å². The zero-order chi connectivity index (χ0) is 16.9. The molecule has 1 amide bonds. The minimum absolute atomic E-state index is 0.229. The molecule has 5 heteroatoms. The summed E-state index contributed by atoms with van der Waals surface area (Å²) in [5.41, 5.74) is 1.35. The zero-order valence-electron chi connectivity index (χ0n) is 13.2. The lowest BCUT2D eigenvalue weighted by Crippen LogP contribution is -2.26. The van der Waals surface area contributed by atoms with E-state index in [2.05, 4.69) is 10.3 Å². The fraction of sp³-hybridized carbons (Fsp3) is 0.105. The minimum Gasteiger partial charge on any atom is -0.310 e. The number of anilines is 1. The van der Waals surface area contributed by atoms with Gasteiger partial charge in [0.25, 0.3) is 0 Å². The maximum absolute atomic E-state index is 12.8. The number of carbonyl (C=O) groups is 1. The van der Waals surface area contributed by atoms with E-state index >= 15 is 0 Å². The Kier molecular flexibility index (Phi) is 4.52. The van der Waals surface area contributed by atoms with E-state index in [-0.39, 0.29) is 11.7 Å². The summed E-state index contributed by atoms with van der Waals surface area (Å²) in [5, 5.41) is 2.74.